The van der Waals surface area contributed by atoms with Crippen LogP contribution < -0.4 is 5.32 Å². The maximum atomic E-state index is 3.96. The zero-order chi connectivity index (χ0) is 13.0. The first-order valence-corrected chi connectivity index (χ1v) is 8.31. The lowest BCUT2D eigenvalue weighted by molar-refractivity contribution is 0.153. The smallest absolute Gasteiger partial charge is 0.0416 e. The van der Waals surface area contributed by atoms with Crippen molar-refractivity contribution in [2.45, 2.75) is 71.4 Å². The zero-order valence-electron chi connectivity index (χ0n) is 12.0. The van der Waals surface area contributed by atoms with Gasteiger partial charge in [0.05, 0.1) is 0 Å². The van der Waals surface area contributed by atoms with Gasteiger partial charge in [0, 0.05) is 17.0 Å². The SMILES string of the molecule is CCCC(NC1CCCCC1(C)C)c1cccs1. The molecule has 1 aromatic rings. The van der Waals surface area contributed by atoms with Gasteiger partial charge in [-0.15, -0.1) is 11.3 Å². The monoisotopic (exact) mass is 265 g/mol. The molecular formula is C16H27NS. The fraction of sp³-hybridized carbons (Fsp3) is 0.750. The summed E-state index contributed by atoms with van der Waals surface area (Å²) in [4.78, 5) is 1.51. The van der Waals surface area contributed by atoms with Crippen molar-refractivity contribution in [1.82, 2.24) is 5.32 Å². The summed E-state index contributed by atoms with van der Waals surface area (Å²) in [7, 11) is 0. The topological polar surface area (TPSA) is 12.0 Å². The third kappa shape index (κ3) is 3.36. The molecule has 0 bridgehead atoms. The van der Waals surface area contributed by atoms with Gasteiger partial charge in [0.25, 0.3) is 0 Å². The summed E-state index contributed by atoms with van der Waals surface area (Å²) in [5.74, 6) is 0. The van der Waals surface area contributed by atoms with Gasteiger partial charge in [-0.05, 0) is 36.1 Å². The van der Waals surface area contributed by atoms with E-state index in [1.165, 1.54) is 43.4 Å². The van der Waals surface area contributed by atoms with E-state index < -0.39 is 0 Å². The molecule has 2 atom stereocenters. The summed E-state index contributed by atoms with van der Waals surface area (Å²) in [5.41, 5.74) is 0.460. The lowest BCUT2D eigenvalue weighted by atomic mass is 9.73. The van der Waals surface area contributed by atoms with Gasteiger partial charge in [0.2, 0.25) is 0 Å². The van der Waals surface area contributed by atoms with Gasteiger partial charge in [-0.2, -0.15) is 0 Å². The average Bonchev–Trinajstić information content (AvgIpc) is 2.84. The van der Waals surface area contributed by atoms with Crippen molar-refractivity contribution >= 4 is 11.3 Å². The second kappa shape index (κ2) is 6.21. The van der Waals surface area contributed by atoms with Gasteiger partial charge >= 0.3 is 0 Å². The molecule has 102 valence electrons. The van der Waals surface area contributed by atoms with Crippen LogP contribution in [0.3, 0.4) is 0 Å². The number of thiophene rings is 1. The Balaban J connectivity index is 2.04. The summed E-state index contributed by atoms with van der Waals surface area (Å²) < 4.78 is 0. The highest BCUT2D eigenvalue weighted by Crippen LogP contribution is 2.37. The Kier molecular flexibility index (Phi) is 4.85. The third-order valence-electron chi connectivity index (χ3n) is 4.37. The van der Waals surface area contributed by atoms with Crippen molar-refractivity contribution in [3.05, 3.63) is 22.4 Å². The van der Waals surface area contributed by atoms with Gasteiger partial charge < -0.3 is 5.32 Å². The molecule has 0 radical (unpaired) electrons. The lowest BCUT2D eigenvalue weighted by Gasteiger charge is -2.41. The normalized spacial score (nSPS) is 24.9. The van der Waals surface area contributed by atoms with Crippen molar-refractivity contribution < 1.29 is 0 Å². The average molecular weight is 265 g/mol. The molecular weight excluding hydrogens is 238 g/mol. The first-order chi connectivity index (χ1) is 8.63. The number of hydrogen-bond acceptors (Lipinski definition) is 2. The second-order valence-electron chi connectivity index (χ2n) is 6.31. The zero-order valence-corrected chi connectivity index (χ0v) is 12.9. The van der Waals surface area contributed by atoms with Crippen LogP contribution >= 0.6 is 11.3 Å². The van der Waals surface area contributed by atoms with E-state index in [-0.39, 0.29) is 0 Å². The molecule has 2 heteroatoms. The minimum atomic E-state index is 0.460. The van der Waals surface area contributed by atoms with Crippen molar-refractivity contribution in [2.75, 3.05) is 0 Å². The van der Waals surface area contributed by atoms with Crippen LogP contribution in [0.2, 0.25) is 0 Å². The van der Waals surface area contributed by atoms with Crippen LogP contribution in [0.1, 0.15) is 70.2 Å². The standard InChI is InChI=1S/C16H27NS/c1-4-8-13(14-9-7-12-18-14)17-15-10-5-6-11-16(15,2)3/h7,9,12-13,15,17H,4-6,8,10-11H2,1-3H3. The molecule has 0 aliphatic heterocycles. The van der Waals surface area contributed by atoms with Crippen LogP contribution in [-0.4, -0.2) is 6.04 Å². The quantitative estimate of drug-likeness (QED) is 0.776. The Morgan fingerprint density at radius 3 is 2.89 bits per heavy atom. The fourth-order valence-corrected chi connectivity index (χ4v) is 3.95. The predicted molar refractivity (Wildman–Crippen MR) is 81.1 cm³/mol. The predicted octanol–water partition coefficient (Wildman–Crippen LogP) is 5.15. The summed E-state index contributed by atoms with van der Waals surface area (Å²) in [6, 6.07) is 5.71. The van der Waals surface area contributed by atoms with Gasteiger partial charge in [-0.1, -0.05) is 46.1 Å². The minimum absolute atomic E-state index is 0.460. The molecule has 18 heavy (non-hydrogen) atoms. The van der Waals surface area contributed by atoms with Gasteiger partial charge in [0.15, 0.2) is 0 Å². The van der Waals surface area contributed by atoms with Crippen LogP contribution in [-0.2, 0) is 0 Å². The first kappa shape index (κ1) is 14.1. The van der Waals surface area contributed by atoms with E-state index in [0.717, 1.165) is 0 Å². The molecule has 1 heterocycles. The van der Waals surface area contributed by atoms with E-state index >= 15 is 0 Å². The highest BCUT2D eigenvalue weighted by molar-refractivity contribution is 7.10. The molecule has 0 saturated heterocycles. The number of rotatable bonds is 5. The van der Waals surface area contributed by atoms with E-state index in [4.69, 9.17) is 0 Å². The summed E-state index contributed by atoms with van der Waals surface area (Å²) in [6.45, 7) is 7.15. The van der Waals surface area contributed by atoms with Crippen molar-refractivity contribution in [3.8, 4) is 0 Å². The molecule has 1 N–H and O–H groups in total. The largest absolute Gasteiger partial charge is 0.306 e. The van der Waals surface area contributed by atoms with Gasteiger partial charge in [0.1, 0.15) is 0 Å². The molecule has 0 amide bonds. The number of hydrogen-bond donors (Lipinski definition) is 1. The van der Waals surface area contributed by atoms with Crippen LogP contribution in [0, 0.1) is 5.41 Å². The molecule has 0 aromatic carbocycles. The van der Waals surface area contributed by atoms with Crippen LogP contribution in [0.5, 0.6) is 0 Å². The van der Waals surface area contributed by atoms with Crippen molar-refractivity contribution in [2.24, 2.45) is 5.41 Å². The van der Waals surface area contributed by atoms with E-state index in [2.05, 4.69) is 43.6 Å². The third-order valence-corrected chi connectivity index (χ3v) is 5.36. The van der Waals surface area contributed by atoms with Gasteiger partial charge in [-0.3, -0.25) is 0 Å². The molecule has 1 nitrogen and oxygen atoms in total. The molecule has 2 unspecified atom stereocenters. The molecule has 0 spiro atoms. The van der Waals surface area contributed by atoms with Crippen LogP contribution in [0.15, 0.2) is 17.5 Å². The molecule has 1 aromatic heterocycles. The molecule has 1 saturated carbocycles. The highest BCUT2D eigenvalue weighted by atomic mass is 32.1. The molecule has 1 fully saturated rings. The van der Waals surface area contributed by atoms with E-state index in [1.807, 2.05) is 11.3 Å². The van der Waals surface area contributed by atoms with Gasteiger partial charge in [-0.25, -0.2) is 0 Å². The Hall–Kier alpha value is -0.340. The van der Waals surface area contributed by atoms with Crippen LogP contribution in [0.25, 0.3) is 0 Å². The maximum Gasteiger partial charge on any atom is 0.0416 e. The summed E-state index contributed by atoms with van der Waals surface area (Å²) >= 11 is 1.90. The van der Waals surface area contributed by atoms with Crippen LogP contribution in [0.4, 0.5) is 0 Å². The Bertz CT molecular complexity index is 342. The van der Waals surface area contributed by atoms with E-state index in [0.29, 0.717) is 17.5 Å². The first-order valence-electron chi connectivity index (χ1n) is 7.43. The summed E-state index contributed by atoms with van der Waals surface area (Å²) in [6.07, 6.45) is 8.02. The fourth-order valence-electron chi connectivity index (χ4n) is 3.13. The minimum Gasteiger partial charge on any atom is -0.306 e. The van der Waals surface area contributed by atoms with E-state index in [9.17, 15) is 0 Å². The number of nitrogens with one attached hydrogen (secondary N) is 1. The summed E-state index contributed by atoms with van der Waals surface area (Å²) in [5, 5.41) is 6.16. The molecule has 1 aliphatic carbocycles. The second-order valence-corrected chi connectivity index (χ2v) is 7.29. The Labute approximate surface area is 116 Å². The molecule has 1 aliphatic rings. The molecule has 2 rings (SSSR count). The van der Waals surface area contributed by atoms with E-state index in [1.54, 1.807) is 0 Å². The lowest BCUT2D eigenvalue weighted by Crippen LogP contribution is -2.45. The Morgan fingerprint density at radius 2 is 2.28 bits per heavy atom. The Morgan fingerprint density at radius 1 is 1.44 bits per heavy atom. The highest BCUT2D eigenvalue weighted by Gasteiger charge is 2.33. The van der Waals surface area contributed by atoms with Crippen molar-refractivity contribution in [1.29, 1.82) is 0 Å². The maximum absolute atomic E-state index is 3.96. The van der Waals surface area contributed by atoms with Crippen molar-refractivity contribution in [3.63, 3.8) is 0 Å².